The van der Waals surface area contributed by atoms with Crippen LogP contribution in [0.25, 0.3) is 0 Å². The van der Waals surface area contributed by atoms with Crippen molar-refractivity contribution >= 4 is 40.7 Å². The van der Waals surface area contributed by atoms with Crippen LogP contribution < -0.4 is 0 Å². The summed E-state index contributed by atoms with van der Waals surface area (Å²) in [7, 11) is 0. The van der Waals surface area contributed by atoms with Crippen LogP contribution in [0.15, 0.2) is 23.4 Å². The van der Waals surface area contributed by atoms with Gasteiger partial charge in [-0.2, -0.15) is 0 Å². The lowest BCUT2D eigenvalue weighted by atomic mass is 10.2. The molecule has 1 rings (SSSR count). The fourth-order valence-corrected chi connectivity index (χ4v) is 1.36. The fraction of sp³-hybridized carbons (Fsp3) is 0.182. The van der Waals surface area contributed by atoms with Crippen molar-refractivity contribution in [3.63, 3.8) is 0 Å². The van der Waals surface area contributed by atoms with Crippen molar-refractivity contribution in [3.05, 3.63) is 33.8 Å². The Kier molecular flexibility index (Phi) is 4.66. The van der Waals surface area contributed by atoms with Gasteiger partial charge in [0, 0.05) is 11.9 Å². The molecule has 0 aliphatic rings. The van der Waals surface area contributed by atoms with Crippen LogP contribution in [0.2, 0.25) is 10.0 Å². The highest BCUT2D eigenvalue weighted by Crippen LogP contribution is 2.21. The Hall–Kier alpha value is -1.39. The van der Waals surface area contributed by atoms with Crippen LogP contribution in [0, 0.1) is 0 Å². The van der Waals surface area contributed by atoms with Gasteiger partial charge in [-0.25, -0.2) is 4.79 Å². The van der Waals surface area contributed by atoms with Crippen LogP contribution in [0.4, 0.5) is 0 Å². The highest BCUT2D eigenvalue weighted by Gasteiger charge is 2.12. The Labute approximate surface area is 108 Å². The smallest absolute Gasteiger partial charge is 0.312 e. The zero-order chi connectivity index (χ0) is 13.0. The van der Waals surface area contributed by atoms with E-state index in [1.807, 2.05) is 0 Å². The Morgan fingerprint density at radius 3 is 2.41 bits per heavy atom. The molecule has 0 heterocycles. The van der Waals surface area contributed by atoms with Gasteiger partial charge in [0.05, 0.1) is 10.6 Å². The van der Waals surface area contributed by atoms with E-state index in [1.165, 1.54) is 32.0 Å². The van der Waals surface area contributed by atoms with Gasteiger partial charge in [0.15, 0.2) is 5.78 Å². The second-order valence-electron chi connectivity index (χ2n) is 3.24. The minimum atomic E-state index is -0.743. The average Bonchev–Trinajstić information content (AvgIpc) is 2.25. The van der Waals surface area contributed by atoms with Gasteiger partial charge in [-0.05, 0) is 25.1 Å². The second-order valence-corrected chi connectivity index (χ2v) is 4.08. The largest absolute Gasteiger partial charge is 0.367 e. The molecule has 6 heteroatoms. The molecule has 0 aromatic heterocycles. The number of ketones is 1. The van der Waals surface area contributed by atoms with E-state index in [4.69, 9.17) is 23.2 Å². The molecule has 0 aliphatic heterocycles. The van der Waals surface area contributed by atoms with E-state index in [0.717, 1.165) is 0 Å². The highest BCUT2D eigenvalue weighted by molar-refractivity contribution is 6.38. The first-order valence-corrected chi connectivity index (χ1v) is 5.39. The van der Waals surface area contributed by atoms with Gasteiger partial charge in [0.2, 0.25) is 0 Å². The third-order valence-electron chi connectivity index (χ3n) is 1.93. The minimum absolute atomic E-state index is 0.100. The van der Waals surface area contributed by atoms with E-state index in [9.17, 15) is 9.59 Å². The van der Waals surface area contributed by atoms with Gasteiger partial charge >= 0.3 is 5.97 Å². The number of carbonyl (C=O) groups excluding carboxylic acids is 2. The minimum Gasteiger partial charge on any atom is -0.312 e. The van der Waals surface area contributed by atoms with E-state index in [0.29, 0.717) is 5.02 Å². The lowest BCUT2D eigenvalue weighted by Crippen LogP contribution is -2.08. The number of hydrogen-bond donors (Lipinski definition) is 0. The average molecular weight is 274 g/mol. The van der Waals surface area contributed by atoms with Gasteiger partial charge < -0.3 is 4.84 Å². The Morgan fingerprint density at radius 1 is 1.24 bits per heavy atom. The maximum atomic E-state index is 11.5. The summed E-state index contributed by atoms with van der Waals surface area (Å²) >= 11 is 11.5. The third-order valence-corrected chi connectivity index (χ3v) is 2.47. The Bertz CT molecular complexity index is 497. The van der Waals surface area contributed by atoms with Crippen molar-refractivity contribution in [2.75, 3.05) is 0 Å². The molecule has 0 amide bonds. The van der Waals surface area contributed by atoms with Gasteiger partial charge in [-0.15, -0.1) is 0 Å². The van der Waals surface area contributed by atoms with Crippen molar-refractivity contribution in [1.29, 1.82) is 0 Å². The second kappa shape index (κ2) is 5.80. The van der Waals surface area contributed by atoms with E-state index in [2.05, 4.69) is 9.99 Å². The standard InChI is InChI=1S/C11H9Cl2NO3/c1-6(7(2)15)14-17-11(16)9-4-3-8(12)5-10(9)13/h3-5H,1-2H3. The normalized spacial score (nSPS) is 11.2. The molecule has 0 fully saturated rings. The first-order chi connectivity index (χ1) is 7.91. The molecule has 0 bridgehead atoms. The molecule has 0 N–H and O–H groups in total. The van der Waals surface area contributed by atoms with Gasteiger partial charge in [-0.3, -0.25) is 4.79 Å². The summed E-state index contributed by atoms with van der Waals surface area (Å²) in [6.07, 6.45) is 0. The molecule has 4 nitrogen and oxygen atoms in total. The molecule has 0 unspecified atom stereocenters. The molecule has 90 valence electrons. The van der Waals surface area contributed by atoms with Crippen LogP contribution in [-0.4, -0.2) is 17.5 Å². The summed E-state index contributed by atoms with van der Waals surface area (Å²) < 4.78 is 0. The number of nitrogens with zero attached hydrogens (tertiary/aromatic N) is 1. The molecule has 0 radical (unpaired) electrons. The van der Waals surface area contributed by atoms with Crippen molar-refractivity contribution in [3.8, 4) is 0 Å². The molecular weight excluding hydrogens is 265 g/mol. The first-order valence-electron chi connectivity index (χ1n) is 4.63. The molecule has 0 aliphatic carbocycles. The predicted molar refractivity (Wildman–Crippen MR) is 65.7 cm³/mol. The molecule has 1 aromatic carbocycles. The lowest BCUT2D eigenvalue weighted by Gasteiger charge is -2.01. The van der Waals surface area contributed by atoms with E-state index >= 15 is 0 Å². The quantitative estimate of drug-likeness (QED) is 0.483. The van der Waals surface area contributed by atoms with Crippen molar-refractivity contribution in [1.82, 2.24) is 0 Å². The van der Waals surface area contributed by atoms with Crippen molar-refractivity contribution in [2.45, 2.75) is 13.8 Å². The first kappa shape index (κ1) is 13.7. The van der Waals surface area contributed by atoms with Gasteiger partial charge in [0.25, 0.3) is 0 Å². The number of carbonyl (C=O) groups is 2. The van der Waals surface area contributed by atoms with Crippen molar-refractivity contribution in [2.24, 2.45) is 5.16 Å². The monoisotopic (exact) mass is 273 g/mol. The van der Waals surface area contributed by atoms with E-state index < -0.39 is 5.97 Å². The maximum Gasteiger partial charge on any atom is 0.367 e. The number of hydrogen-bond acceptors (Lipinski definition) is 4. The number of oxime groups is 1. The molecule has 0 saturated heterocycles. The summed E-state index contributed by atoms with van der Waals surface area (Å²) in [4.78, 5) is 26.9. The molecule has 0 spiro atoms. The molecule has 17 heavy (non-hydrogen) atoms. The number of Topliss-reactive ketones (excluding diaryl/α,β-unsaturated/α-hetero) is 1. The van der Waals surface area contributed by atoms with Crippen molar-refractivity contribution < 1.29 is 14.4 Å². The lowest BCUT2D eigenvalue weighted by molar-refractivity contribution is -0.111. The van der Waals surface area contributed by atoms with Gasteiger partial charge in [0.1, 0.15) is 5.71 Å². The Balaban J connectivity index is 2.84. The predicted octanol–water partition coefficient (Wildman–Crippen LogP) is 3.12. The summed E-state index contributed by atoms with van der Waals surface area (Å²) in [5.41, 5.74) is 0.236. The fourth-order valence-electron chi connectivity index (χ4n) is 0.878. The third kappa shape index (κ3) is 3.84. The number of benzene rings is 1. The molecular formula is C11H9Cl2NO3. The van der Waals surface area contributed by atoms with E-state index in [1.54, 1.807) is 0 Å². The van der Waals surface area contributed by atoms with Crippen LogP contribution in [0.1, 0.15) is 24.2 Å². The zero-order valence-corrected chi connectivity index (χ0v) is 10.7. The molecule has 0 saturated carbocycles. The van der Waals surface area contributed by atoms with Crippen LogP contribution in [0.5, 0.6) is 0 Å². The zero-order valence-electron chi connectivity index (χ0n) is 9.16. The van der Waals surface area contributed by atoms with Crippen LogP contribution in [-0.2, 0) is 9.63 Å². The van der Waals surface area contributed by atoms with Gasteiger partial charge in [-0.1, -0.05) is 28.4 Å². The Morgan fingerprint density at radius 2 is 1.88 bits per heavy atom. The topological polar surface area (TPSA) is 55.7 Å². The SMILES string of the molecule is CC(=O)C(C)=NOC(=O)c1ccc(Cl)cc1Cl. The molecule has 1 aromatic rings. The maximum absolute atomic E-state index is 11.5. The highest BCUT2D eigenvalue weighted by atomic mass is 35.5. The number of halogens is 2. The molecule has 0 atom stereocenters. The van der Waals surface area contributed by atoms with Crippen LogP contribution in [0.3, 0.4) is 0 Å². The van der Waals surface area contributed by atoms with E-state index in [-0.39, 0.29) is 22.1 Å². The van der Waals surface area contributed by atoms with Crippen LogP contribution >= 0.6 is 23.2 Å². The summed E-state index contributed by atoms with van der Waals surface area (Å²) in [6, 6.07) is 4.35. The summed E-state index contributed by atoms with van der Waals surface area (Å²) in [5, 5.41) is 3.97. The summed E-state index contributed by atoms with van der Waals surface area (Å²) in [5.74, 6) is -1.02. The summed E-state index contributed by atoms with van der Waals surface area (Å²) in [6.45, 7) is 2.76. The number of rotatable bonds is 3.